The molecule has 1 saturated heterocycles. The molecule has 1 atom stereocenters. The van der Waals surface area contributed by atoms with Crippen molar-refractivity contribution < 1.29 is 4.39 Å². The van der Waals surface area contributed by atoms with Crippen molar-refractivity contribution in [1.29, 1.82) is 0 Å². The van der Waals surface area contributed by atoms with E-state index in [1.54, 1.807) is 6.92 Å². The van der Waals surface area contributed by atoms with Crippen LogP contribution in [0.3, 0.4) is 0 Å². The predicted octanol–water partition coefficient (Wildman–Crippen LogP) is 1.83. The lowest BCUT2D eigenvalue weighted by atomic mass is 10.1. The maximum atomic E-state index is 12.4. The Hall–Kier alpha value is -0.110. The van der Waals surface area contributed by atoms with Gasteiger partial charge in [-0.25, -0.2) is 4.39 Å². The zero-order valence-electron chi connectivity index (χ0n) is 6.65. The molecule has 0 aromatic heterocycles. The summed E-state index contributed by atoms with van der Waals surface area (Å²) in [6, 6.07) is 0. The molecule has 1 heterocycles. The molecule has 0 saturated carbocycles. The van der Waals surface area contributed by atoms with Gasteiger partial charge in [0, 0.05) is 6.54 Å². The number of rotatable bonds is 2. The van der Waals surface area contributed by atoms with Crippen LogP contribution in [0, 0.1) is 0 Å². The van der Waals surface area contributed by atoms with Gasteiger partial charge in [0.05, 0.1) is 0 Å². The van der Waals surface area contributed by atoms with Gasteiger partial charge in [0.25, 0.3) is 0 Å². The zero-order valence-corrected chi connectivity index (χ0v) is 6.65. The second-order valence-electron chi connectivity index (χ2n) is 3.14. The number of nitrogens with zero attached hydrogens (tertiary/aromatic N) is 1. The predicted molar refractivity (Wildman–Crippen MR) is 40.9 cm³/mol. The second-order valence-corrected chi connectivity index (χ2v) is 3.14. The van der Waals surface area contributed by atoms with Crippen molar-refractivity contribution in [1.82, 2.24) is 4.90 Å². The molecule has 0 radical (unpaired) electrons. The monoisotopic (exact) mass is 145 g/mol. The molecule has 2 heteroatoms. The van der Waals surface area contributed by atoms with E-state index in [2.05, 4.69) is 4.90 Å². The average Bonchev–Trinajstić information content (AvgIpc) is 1.88. The van der Waals surface area contributed by atoms with E-state index in [9.17, 15) is 4.39 Å². The molecule has 1 aliphatic rings. The van der Waals surface area contributed by atoms with Gasteiger partial charge in [-0.15, -0.1) is 0 Å². The van der Waals surface area contributed by atoms with Gasteiger partial charge in [0.2, 0.25) is 0 Å². The summed E-state index contributed by atoms with van der Waals surface area (Å²) in [6.07, 6.45) is 3.19. The molecule has 1 fully saturated rings. The van der Waals surface area contributed by atoms with E-state index in [0.717, 1.165) is 13.1 Å². The van der Waals surface area contributed by atoms with Crippen molar-refractivity contribution in [2.45, 2.75) is 32.4 Å². The quantitative estimate of drug-likeness (QED) is 0.573. The normalized spacial score (nSPS) is 24.6. The summed E-state index contributed by atoms with van der Waals surface area (Å²) in [5, 5.41) is 0. The van der Waals surface area contributed by atoms with E-state index in [4.69, 9.17) is 0 Å². The molecule has 0 aliphatic carbocycles. The number of hydrogen-bond acceptors (Lipinski definition) is 1. The Morgan fingerprint density at radius 2 is 1.90 bits per heavy atom. The Kier molecular flexibility index (Phi) is 3.13. The van der Waals surface area contributed by atoms with Crippen LogP contribution in [0.25, 0.3) is 0 Å². The van der Waals surface area contributed by atoms with Crippen LogP contribution in [0.4, 0.5) is 4.39 Å². The van der Waals surface area contributed by atoms with Gasteiger partial charge in [-0.1, -0.05) is 6.42 Å². The number of piperidine rings is 1. The van der Waals surface area contributed by atoms with Crippen LogP contribution in [0.1, 0.15) is 26.2 Å². The second kappa shape index (κ2) is 3.91. The molecule has 0 N–H and O–H groups in total. The topological polar surface area (TPSA) is 3.24 Å². The van der Waals surface area contributed by atoms with Crippen LogP contribution in [0.2, 0.25) is 0 Å². The third-order valence-electron chi connectivity index (χ3n) is 1.96. The zero-order chi connectivity index (χ0) is 7.40. The first-order chi connectivity index (χ1) is 4.79. The van der Waals surface area contributed by atoms with E-state index in [1.165, 1.54) is 19.3 Å². The third-order valence-corrected chi connectivity index (χ3v) is 1.96. The molecule has 1 nitrogen and oxygen atoms in total. The van der Waals surface area contributed by atoms with Gasteiger partial charge in [0.15, 0.2) is 0 Å². The minimum Gasteiger partial charge on any atom is -0.300 e. The Balaban J connectivity index is 2.13. The van der Waals surface area contributed by atoms with Gasteiger partial charge in [0.1, 0.15) is 6.17 Å². The van der Waals surface area contributed by atoms with Crippen LogP contribution >= 0.6 is 0 Å². The Morgan fingerprint density at radius 1 is 1.30 bits per heavy atom. The molecule has 0 aromatic rings. The summed E-state index contributed by atoms with van der Waals surface area (Å²) >= 11 is 0. The van der Waals surface area contributed by atoms with E-state index in [1.807, 2.05) is 0 Å². The lowest BCUT2D eigenvalue weighted by molar-refractivity contribution is 0.175. The summed E-state index contributed by atoms with van der Waals surface area (Å²) in [5.41, 5.74) is 0. The Morgan fingerprint density at radius 3 is 2.40 bits per heavy atom. The van der Waals surface area contributed by atoms with Gasteiger partial charge in [-0.05, 0) is 32.9 Å². The average molecular weight is 145 g/mol. The summed E-state index contributed by atoms with van der Waals surface area (Å²) in [7, 11) is 0. The van der Waals surface area contributed by atoms with Gasteiger partial charge >= 0.3 is 0 Å². The van der Waals surface area contributed by atoms with E-state index >= 15 is 0 Å². The van der Waals surface area contributed by atoms with Crippen molar-refractivity contribution in [2.24, 2.45) is 0 Å². The highest BCUT2D eigenvalue weighted by Gasteiger charge is 2.11. The molecular weight excluding hydrogens is 129 g/mol. The molecular formula is C8H16FN. The Bertz CT molecular complexity index is 87.3. The van der Waals surface area contributed by atoms with Gasteiger partial charge in [-0.3, -0.25) is 0 Å². The molecule has 0 amide bonds. The maximum Gasteiger partial charge on any atom is 0.110 e. The molecule has 0 bridgehead atoms. The highest BCUT2D eigenvalue weighted by atomic mass is 19.1. The molecule has 60 valence electrons. The molecule has 0 spiro atoms. The Labute approximate surface area is 62.2 Å². The number of halogens is 1. The summed E-state index contributed by atoms with van der Waals surface area (Å²) < 4.78 is 12.4. The lowest BCUT2D eigenvalue weighted by Gasteiger charge is -2.26. The summed E-state index contributed by atoms with van der Waals surface area (Å²) in [6.45, 7) is 4.48. The minimum atomic E-state index is -0.655. The maximum absolute atomic E-state index is 12.4. The standard InChI is InChI=1S/C8H16FN/c1-8(9)7-10-5-3-2-4-6-10/h8H,2-7H2,1H3. The molecule has 1 rings (SSSR count). The summed E-state index contributed by atoms with van der Waals surface area (Å²) in [5.74, 6) is 0. The lowest BCUT2D eigenvalue weighted by Crippen LogP contribution is -2.33. The van der Waals surface area contributed by atoms with Crippen molar-refractivity contribution in [2.75, 3.05) is 19.6 Å². The van der Waals surface area contributed by atoms with E-state index < -0.39 is 6.17 Å². The van der Waals surface area contributed by atoms with Crippen molar-refractivity contribution in [3.63, 3.8) is 0 Å². The van der Waals surface area contributed by atoms with Crippen LogP contribution < -0.4 is 0 Å². The van der Waals surface area contributed by atoms with Crippen LogP contribution in [-0.4, -0.2) is 30.7 Å². The molecule has 10 heavy (non-hydrogen) atoms. The fourth-order valence-electron chi connectivity index (χ4n) is 1.50. The van der Waals surface area contributed by atoms with Crippen molar-refractivity contribution in [3.05, 3.63) is 0 Å². The molecule has 1 unspecified atom stereocenters. The first-order valence-electron chi connectivity index (χ1n) is 4.15. The number of hydrogen-bond donors (Lipinski definition) is 0. The van der Waals surface area contributed by atoms with E-state index in [0.29, 0.717) is 6.54 Å². The minimum absolute atomic E-state index is 0.639. The smallest absolute Gasteiger partial charge is 0.110 e. The SMILES string of the molecule is CC(F)CN1CCCCC1. The highest BCUT2D eigenvalue weighted by molar-refractivity contribution is 4.66. The largest absolute Gasteiger partial charge is 0.300 e. The first kappa shape index (κ1) is 7.99. The van der Waals surface area contributed by atoms with Crippen LogP contribution in [-0.2, 0) is 0 Å². The van der Waals surface area contributed by atoms with Gasteiger partial charge in [-0.2, -0.15) is 0 Å². The van der Waals surface area contributed by atoms with Crippen molar-refractivity contribution >= 4 is 0 Å². The van der Waals surface area contributed by atoms with Crippen molar-refractivity contribution in [3.8, 4) is 0 Å². The fraction of sp³-hybridized carbons (Fsp3) is 1.00. The summed E-state index contributed by atoms with van der Waals surface area (Å²) in [4.78, 5) is 2.22. The first-order valence-corrected chi connectivity index (χ1v) is 4.15. The molecule has 1 aliphatic heterocycles. The van der Waals surface area contributed by atoms with Crippen LogP contribution in [0.5, 0.6) is 0 Å². The van der Waals surface area contributed by atoms with Gasteiger partial charge < -0.3 is 4.90 Å². The third kappa shape index (κ3) is 2.65. The van der Waals surface area contributed by atoms with E-state index in [-0.39, 0.29) is 0 Å². The number of alkyl halides is 1. The molecule has 0 aromatic carbocycles. The number of likely N-dealkylation sites (tertiary alicyclic amines) is 1. The highest BCUT2D eigenvalue weighted by Crippen LogP contribution is 2.09. The van der Waals surface area contributed by atoms with Crippen LogP contribution in [0.15, 0.2) is 0 Å². The fourth-order valence-corrected chi connectivity index (χ4v) is 1.50.